The Kier molecular flexibility index (Phi) is 18.2. The molecule has 3 amide bonds. The molecule has 3 aliphatic heterocycles. The Hall–Kier alpha value is -3.76. The molecule has 0 spiro atoms. The van der Waals surface area contributed by atoms with Gasteiger partial charge in [-0.15, -0.1) is 0 Å². The number of piperazine rings is 3. The Morgan fingerprint density at radius 2 is 1.06 bits per heavy atom. The summed E-state index contributed by atoms with van der Waals surface area (Å²) in [7, 11) is 0. The SMILES string of the molecule is CCN1CCN(C(=O)COc2c(Cl)cc([I-]C(C)N3CCN(C(=O)COc4c(F)cc(CC(C)N5CCN(C(=O)COc6c(F)c(F)cc(F)c6F)CC5C)cc4F)CC3C)cc2Cl)CC1C. The second-order valence-electron chi connectivity index (χ2n) is 17.2. The predicted octanol–water partition coefficient (Wildman–Crippen LogP) is 3.52. The van der Waals surface area contributed by atoms with E-state index in [1.165, 1.54) is 17.0 Å². The minimum atomic E-state index is -1.74. The number of benzene rings is 3. The van der Waals surface area contributed by atoms with Crippen LogP contribution in [0, 0.1) is 38.5 Å². The molecular weight excluding hydrogens is 1040 g/mol. The van der Waals surface area contributed by atoms with E-state index >= 15 is 8.78 Å². The van der Waals surface area contributed by atoms with Gasteiger partial charge in [-0.25, -0.2) is 8.78 Å². The van der Waals surface area contributed by atoms with Crippen LogP contribution < -0.4 is 35.4 Å². The molecule has 0 saturated carbocycles. The average Bonchev–Trinajstić information content (AvgIpc) is 3.27. The summed E-state index contributed by atoms with van der Waals surface area (Å²) in [5.74, 6) is -11.6. The Morgan fingerprint density at radius 3 is 1.54 bits per heavy atom. The van der Waals surface area contributed by atoms with Gasteiger partial charge in [-0.05, 0) is 20.3 Å². The van der Waals surface area contributed by atoms with E-state index in [2.05, 4.69) is 30.6 Å². The van der Waals surface area contributed by atoms with E-state index in [0.29, 0.717) is 54.9 Å². The summed E-state index contributed by atoms with van der Waals surface area (Å²) in [5.41, 5.74) is 0.348. The van der Waals surface area contributed by atoms with Gasteiger partial charge in [-0.1, -0.05) is 6.92 Å². The molecule has 0 aliphatic carbocycles. The summed E-state index contributed by atoms with van der Waals surface area (Å²) in [6.07, 6.45) is 0.236. The maximum atomic E-state index is 15.3. The van der Waals surface area contributed by atoms with Crippen molar-refractivity contribution in [3.05, 3.63) is 84.4 Å². The Bertz CT molecular complexity index is 2220. The summed E-state index contributed by atoms with van der Waals surface area (Å²) in [5, 5.41) is 0.668. The third-order valence-corrected chi connectivity index (χ3v) is 16.1. The second-order valence-corrected chi connectivity index (χ2v) is 21.6. The van der Waals surface area contributed by atoms with Gasteiger partial charge >= 0.3 is 266 Å². The molecule has 3 aromatic rings. The molecule has 0 bridgehead atoms. The first-order valence-corrected chi connectivity index (χ1v) is 25.2. The Morgan fingerprint density at radius 1 is 0.612 bits per heavy atom. The first-order valence-electron chi connectivity index (χ1n) is 22.2. The van der Waals surface area contributed by atoms with Crippen LogP contribution >= 0.6 is 23.2 Å². The molecule has 3 aromatic carbocycles. The third kappa shape index (κ3) is 12.9. The van der Waals surface area contributed by atoms with Crippen LogP contribution in [-0.4, -0.2) is 161 Å². The van der Waals surface area contributed by atoms with Crippen molar-refractivity contribution in [1.82, 2.24) is 29.4 Å². The van der Waals surface area contributed by atoms with Crippen molar-refractivity contribution in [3.8, 4) is 17.2 Å². The van der Waals surface area contributed by atoms with E-state index in [-0.39, 0.29) is 72.1 Å². The molecule has 0 N–H and O–H groups in total. The normalized spacial score (nSPS) is 20.8. The Balaban J connectivity index is 0.934. The van der Waals surface area contributed by atoms with Gasteiger partial charge in [-0.2, -0.15) is 8.78 Å². The summed E-state index contributed by atoms with van der Waals surface area (Å²) >= 11 is 12.6. The average molecular weight is 1100 g/mol. The standard InChI is InChI=1S/C46H56Cl2F6IN6O6/c1-7-56-8-9-57(20-27(56)3)39(62)23-65-44-33(47)17-32(18-34(44)48)55-30(6)61-13-11-59(22-29(61)5)40(63)24-66-45-37(51)15-31(16-38(45)52)14-26(2)60-12-10-58(21-28(60)4)41(64)25-67-46-42(53)35(49)19-36(50)43(46)54/h15-19,26-30H,7-14,20-25H2,1-6H3/q-1. The monoisotopic (exact) mass is 1100 g/mol. The van der Waals surface area contributed by atoms with Crippen LogP contribution in [0.1, 0.15) is 47.1 Å². The molecule has 3 aliphatic rings. The molecule has 3 heterocycles. The molecule has 6 rings (SSSR count). The zero-order chi connectivity index (χ0) is 48.9. The number of hydrogen-bond donors (Lipinski definition) is 0. The van der Waals surface area contributed by atoms with Crippen LogP contribution in [0.2, 0.25) is 10.0 Å². The van der Waals surface area contributed by atoms with Gasteiger partial charge in [0.25, 0.3) is 5.91 Å². The molecule has 5 atom stereocenters. The quantitative estimate of drug-likeness (QED) is 0.0703. The number of carbonyl (C=O) groups excluding carboxylic acids is 3. The van der Waals surface area contributed by atoms with E-state index in [4.69, 9.17) is 37.4 Å². The van der Waals surface area contributed by atoms with Crippen molar-refractivity contribution >= 4 is 40.9 Å². The van der Waals surface area contributed by atoms with Gasteiger partial charge < -0.3 is 9.64 Å². The van der Waals surface area contributed by atoms with Gasteiger partial charge in [0.15, 0.2) is 24.0 Å². The maximum absolute atomic E-state index is 15.3. The van der Waals surface area contributed by atoms with Crippen LogP contribution in [0.4, 0.5) is 26.3 Å². The van der Waals surface area contributed by atoms with Gasteiger partial charge in [0.05, 0.1) is 0 Å². The van der Waals surface area contributed by atoms with Gasteiger partial charge in [0.1, 0.15) is 0 Å². The number of nitrogens with zero attached hydrogens (tertiary/aromatic N) is 6. The predicted molar refractivity (Wildman–Crippen MR) is 236 cm³/mol. The van der Waals surface area contributed by atoms with Crippen LogP contribution in [0.15, 0.2) is 30.3 Å². The van der Waals surface area contributed by atoms with Crippen LogP contribution in [-0.2, 0) is 20.8 Å². The molecule has 67 heavy (non-hydrogen) atoms. The number of carbonyl (C=O) groups is 3. The fraction of sp³-hybridized carbons (Fsp3) is 0.543. The molecule has 3 saturated heterocycles. The fourth-order valence-corrected chi connectivity index (χ4v) is 13.1. The number of ether oxygens (including phenoxy) is 3. The number of alkyl halides is 1. The molecule has 5 unspecified atom stereocenters. The summed E-state index contributed by atoms with van der Waals surface area (Å²) in [4.78, 5) is 50.4. The van der Waals surface area contributed by atoms with Crippen molar-refractivity contribution in [2.75, 3.05) is 85.3 Å². The first kappa shape index (κ1) is 52.6. The molecular formula is C46H56Cl2F6IN6O6-. The van der Waals surface area contributed by atoms with Gasteiger partial charge in [-0.3, -0.25) is 9.69 Å². The molecule has 0 aromatic heterocycles. The number of hydrogen-bond acceptors (Lipinski definition) is 9. The molecule has 3 fully saturated rings. The molecule has 0 radical (unpaired) electrons. The van der Waals surface area contributed by atoms with Crippen LogP contribution in [0.25, 0.3) is 0 Å². The van der Waals surface area contributed by atoms with E-state index in [9.17, 15) is 31.9 Å². The third-order valence-electron chi connectivity index (χ3n) is 12.5. The van der Waals surface area contributed by atoms with E-state index in [1.54, 1.807) is 9.80 Å². The van der Waals surface area contributed by atoms with Crippen molar-refractivity contribution in [1.29, 1.82) is 0 Å². The summed E-state index contributed by atoms with van der Waals surface area (Å²) < 4.78 is 103. The zero-order valence-corrected chi connectivity index (χ0v) is 41.9. The number of halogens is 9. The zero-order valence-electron chi connectivity index (χ0n) is 38.2. The van der Waals surface area contributed by atoms with Crippen molar-refractivity contribution < 1.29 is 76.1 Å². The second kappa shape index (κ2) is 23.2. The summed E-state index contributed by atoms with van der Waals surface area (Å²) in [6.45, 7) is 15.6. The van der Waals surface area contributed by atoms with Crippen molar-refractivity contribution in [2.24, 2.45) is 0 Å². The van der Waals surface area contributed by atoms with Gasteiger partial charge in [0.2, 0.25) is 11.6 Å². The first-order chi connectivity index (χ1) is 31.8. The number of rotatable bonds is 16. The Labute approximate surface area is 407 Å². The van der Waals surface area contributed by atoms with Crippen molar-refractivity contribution in [2.45, 2.75) is 76.2 Å². The number of likely N-dealkylation sites (N-methyl/N-ethyl adjacent to an activating group) is 1. The topological polar surface area (TPSA) is 98.3 Å². The fourth-order valence-electron chi connectivity index (χ4n) is 8.93. The van der Waals surface area contributed by atoms with Crippen LogP contribution in [0.5, 0.6) is 17.2 Å². The molecule has 370 valence electrons. The summed E-state index contributed by atoms with van der Waals surface area (Å²) in [6, 6.07) is 5.80. The minimum absolute atomic E-state index is 0.0281. The number of amides is 3. The molecule has 21 heteroatoms. The molecule has 12 nitrogen and oxygen atoms in total. The van der Waals surface area contributed by atoms with Crippen molar-refractivity contribution in [3.63, 3.8) is 0 Å². The van der Waals surface area contributed by atoms with E-state index in [0.717, 1.165) is 16.7 Å². The van der Waals surface area contributed by atoms with Crippen LogP contribution in [0.3, 0.4) is 0 Å². The van der Waals surface area contributed by atoms with Gasteiger partial charge in [0, 0.05) is 37.8 Å². The van der Waals surface area contributed by atoms with E-state index < -0.39 is 92.6 Å². The van der Waals surface area contributed by atoms with E-state index in [1.807, 2.05) is 37.8 Å².